The minimum atomic E-state index is -5.15. The number of aromatic amines is 1. The van der Waals surface area contributed by atoms with E-state index in [0.29, 0.717) is 9.47 Å². The number of carboxylic acid groups (broad SMARTS) is 1. The number of H-pyrrole nitrogens is 1. The Balaban J connectivity index is 1.51. The molecule has 0 bridgehead atoms. The van der Waals surface area contributed by atoms with Crippen molar-refractivity contribution in [1.29, 1.82) is 0 Å². The molecule has 0 aromatic carbocycles. The highest BCUT2D eigenvalue weighted by molar-refractivity contribution is 7.88. The lowest BCUT2D eigenvalue weighted by atomic mass is 10.1. The van der Waals surface area contributed by atoms with Crippen molar-refractivity contribution in [3.8, 4) is 17.3 Å². The third-order valence-corrected chi connectivity index (χ3v) is 8.00. The number of carbonyl (C=O) groups excluding carboxylic acids is 3. The van der Waals surface area contributed by atoms with Gasteiger partial charge >= 0.3 is 27.9 Å². The SMILES string of the molecule is C[C@@H](O)Cn1c(-c2cc(=O)c(O)c[nH]2)nn(S(=O)(=O)NC(=O)N2C[C@H](NC(=O)/C(=N\OC(C)(C)C(=O)O)c3csc(N)n3)C2=O)c1=O. The van der Waals surface area contributed by atoms with Gasteiger partial charge in [-0.1, -0.05) is 9.24 Å². The van der Waals surface area contributed by atoms with Crippen LogP contribution in [-0.4, -0.2) is 106 Å². The molecule has 4 amide bonds. The first-order valence-corrected chi connectivity index (χ1v) is 15.3. The van der Waals surface area contributed by atoms with Gasteiger partial charge in [-0.05, 0) is 20.8 Å². The lowest BCUT2D eigenvalue weighted by Crippen LogP contribution is -2.68. The summed E-state index contributed by atoms with van der Waals surface area (Å²) < 4.78 is 28.1. The number of nitrogen functional groups attached to an aromatic ring is 1. The van der Waals surface area contributed by atoms with Gasteiger partial charge in [0, 0.05) is 17.6 Å². The summed E-state index contributed by atoms with van der Waals surface area (Å²) in [5.74, 6) is -4.70. The topological polar surface area (TPSA) is 324 Å². The molecule has 24 heteroatoms. The van der Waals surface area contributed by atoms with E-state index in [1.165, 1.54) is 17.0 Å². The maximum atomic E-state index is 13.0. The number of imide groups is 1. The molecule has 0 radical (unpaired) electrons. The van der Waals surface area contributed by atoms with E-state index >= 15 is 0 Å². The Hall–Kier alpha value is -5.62. The van der Waals surface area contributed by atoms with E-state index in [1.54, 1.807) is 0 Å². The van der Waals surface area contributed by atoms with Crippen molar-refractivity contribution in [2.24, 2.45) is 5.16 Å². The van der Waals surface area contributed by atoms with Crippen molar-refractivity contribution in [3.05, 3.63) is 44.0 Å². The number of nitrogens with two attached hydrogens (primary N) is 1. The van der Waals surface area contributed by atoms with Crippen LogP contribution in [0.5, 0.6) is 5.75 Å². The Morgan fingerprint density at radius 2 is 1.98 bits per heavy atom. The lowest BCUT2D eigenvalue weighted by Gasteiger charge is -2.36. The number of β-lactam (4-membered cyclic amide) rings is 1. The Morgan fingerprint density at radius 3 is 2.53 bits per heavy atom. The van der Waals surface area contributed by atoms with Crippen LogP contribution in [0.15, 0.2) is 32.4 Å². The highest BCUT2D eigenvalue weighted by Crippen LogP contribution is 2.18. The standard InChI is InChI=1S/C23H26N10O12S2/c1-9(34)6-31-16(10-4-13(35)14(36)5-25-10)28-33(22(31)42)47(43,44)30-21(41)32-7-11(18(32)38)26-17(37)15(12-8-46-20(24)27-12)29-45-23(2,3)19(39)40/h4-5,8-9,11,34,36H,6-7H2,1-3H3,(H2,24,27)(H,25,35)(H,26,37)(H,30,41)(H,39,40)/b29-15-/t9-,11+/m1/s1. The smallest absolute Gasteiger partial charge is 0.362 e. The number of aliphatic carboxylic acids is 1. The first-order chi connectivity index (χ1) is 21.8. The van der Waals surface area contributed by atoms with E-state index in [0.717, 1.165) is 37.4 Å². The molecule has 1 fully saturated rings. The maximum absolute atomic E-state index is 13.0. The van der Waals surface area contributed by atoms with Crippen LogP contribution in [0.25, 0.3) is 11.5 Å². The second-order valence-electron chi connectivity index (χ2n) is 10.3. The number of carbonyl (C=O) groups is 4. The van der Waals surface area contributed by atoms with Crippen LogP contribution in [0.2, 0.25) is 0 Å². The van der Waals surface area contributed by atoms with Crippen molar-refractivity contribution in [1.82, 2.24) is 38.7 Å². The van der Waals surface area contributed by atoms with Crippen LogP contribution < -0.4 is 26.9 Å². The quantitative estimate of drug-likeness (QED) is 0.0594. The van der Waals surface area contributed by atoms with Crippen molar-refractivity contribution in [2.45, 2.75) is 45.1 Å². The summed E-state index contributed by atoms with van der Waals surface area (Å²) >= 11 is 0.923. The minimum absolute atomic E-state index is 0.0278. The molecular formula is C23H26N10O12S2. The van der Waals surface area contributed by atoms with Crippen LogP contribution in [0.4, 0.5) is 9.93 Å². The molecule has 3 aromatic heterocycles. The molecule has 3 aromatic rings. The largest absolute Gasteiger partial charge is 0.503 e. The molecule has 0 aliphatic carbocycles. The molecule has 0 saturated carbocycles. The van der Waals surface area contributed by atoms with Gasteiger partial charge in [-0.25, -0.2) is 24.1 Å². The Morgan fingerprint density at radius 1 is 1.30 bits per heavy atom. The van der Waals surface area contributed by atoms with Gasteiger partial charge in [0.1, 0.15) is 11.7 Å². The molecule has 252 valence electrons. The number of pyridine rings is 1. The molecular weight excluding hydrogens is 672 g/mol. The summed E-state index contributed by atoms with van der Waals surface area (Å²) in [6.45, 7) is 2.54. The molecule has 2 atom stereocenters. The number of carboxylic acids is 1. The highest BCUT2D eigenvalue weighted by atomic mass is 32.2. The number of nitrogens with one attached hydrogen (secondary N) is 3. The summed E-state index contributed by atoms with van der Waals surface area (Å²) in [7, 11) is -5.15. The third kappa shape index (κ3) is 7.12. The first kappa shape index (κ1) is 34.3. The van der Waals surface area contributed by atoms with Crippen molar-refractivity contribution in [3.63, 3.8) is 0 Å². The Labute approximate surface area is 266 Å². The molecule has 22 nitrogen and oxygen atoms in total. The summed E-state index contributed by atoms with van der Waals surface area (Å²) in [4.78, 5) is 86.4. The fourth-order valence-corrected chi connectivity index (χ4v) is 5.16. The summed E-state index contributed by atoms with van der Waals surface area (Å²) in [6, 6.07) is -2.09. The number of aromatic nitrogens is 5. The number of aliphatic hydroxyl groups is 1. The average Bonchev–Trinajstić information content (AvgIpc) is 3.54. The third-order valence-electron chi connectivity index (χ3n) is 6.20. The molecule has 1 saturated heterocycles. The van der Waals surface area contributed by atoms with Crippen molar-refractivity contribution in [2.75, 3.05) is 12.3 Å². The number of anilines is 1. The highest BCUT2D eigenvalue weighted by Gasteiger charge is 2.44. The number of hydrogen-bond donors (Lipinski definition) is 7. The van der Waals surface area contributed by atoms with Gasteiger partial charge in [0.25, 0.3) is 11.8 Å². The zero-order valence-corrected chi connectivity index (χ0v) is 26.0. The van der Waals surface area contributed by atoms with Crippen LogP contribution >= 0.6 is 11.3 Å². The fraction of sp³-hybridized carbons (Fsp3) is 0.348. The molecule has 4 heterocycles. The predicted octanol–water partition coefficient (Wildman–Crippen LogP) is -3.06. The summed E-state index contributed by atoms with van der Waals surface area (Å²) in [6.07, 6.45) is -0.343. The predicted molar refractivity (Wildman–Crippen MR) is 158 cm³/mol. The van der Waals surface area contributed by atoms with Gasteiger partial charge in [-0.3, -0.25) is 23.9 Å². The number of aliphatic hydroxyl groups excluding tert-OH is 1. The molecule has 8 N–H and O–H groups in total. The molecule has 4 rings (SSSR count). The number of nitrogens with zero attached hydrogens (tertiary/aromatic N) is 6. The van der Waals surface area contributed by atoms with E-state index in [9.17, 15) is 52.5 Å². The van der Waals surface area contributed by atoms with Crippen molar-refractivity contribution < 1.29 is 47.8 Å². The van der Waals surface area contributed by atoms with E-state index < -0.39 is 93.3 Å². The number of rotatable bonds is 11. The van der Waals surface area contributed by atoms with E-state index in [1.807, 2.05) is 0 Å². The maximum Gasteiger partial charge on any atom is 0.362 e. The number of urea groups is 1. The average molecular weight is 699 g/mol. The molecule has 47 heavy (non-hydrogen) atoms. The fourth-order valence-electron chi connectivity index (χ4n) is 3.71. The summed E-state index contributed by atoms with van der Waals surface area (Å²) in [5.41, 5.74) is 0.587. The first-order valence-electron chi connectivity index (χ1n) is 13.0. The van der Waals surface area contributed by atoms with E-state index in [2.05, 4.69) is 25.5 Å². The number of likely N-dealkylation sites (tertiary alicyclic amines) is 1. The van der Waals surface area contributed by atoms with E-state index in [-0.39, 0.29) is 20.6 Å². The monoisotopic (exact) mass is 698 g/mol. The molecule has 0 spiro atoms. The van der Waals surface area contributed by atoms with Gasteiger partial charge in [-0.2, -0.15) is 8.42 Å². The normalized spacial score (nSPS) is 15.9. The van der Waals surface area contributed by atoms with Gasteiger partial charge in [0.15, 0.2) is 22.4 Å². The molecule has 1 aliphatic heterocycles. The van der Waals surface area contributed by atoms with Gasteiger partial charge in [-0.15, -0.1) is 16.4 Å². The lowest BCUT2D eigenvalue weighted by molar-refractivity contribution is -0.161. The zero-order chi connectivity index (χ0) is 35.0. The number of hydrogen-bond acceptors (Lipinski definition) is 16. The number of oxime groups is 1. The van der Waals surface area contributed by atoms with Crippen LogP contribution in [-0.2, 0) is 36.0 Å². The molecule has 0 unspecified atom stereocenters. The molecule has 1 aliphatic rings. The van der Waals surface area contributed by atoms with Gasteiger partial charge < -0.3 is 36.2 Å². The number of aromatic hydroxyl groups is 1. The second-order valence-corrected chi connectivity index (χ2v) is 12.7. The number of amides is 4. The second kappa shape index (κ2) is 12.6. The van der Waals surface area contributed by atoms with Gasteiger partial charge in [0.05, 0.1) is 24.9 Å². The van der Waals surface area contributed by atoms with Crippen molar-refractivity contribution >= 4 is 56.2 Å². The zero-order valence-electron chi connectivity index (χ0n) is 24.4. The Bertz CT molecular complexity index is 2020. The van der Waals surface area contributed by atoms with E-state index in [4.69, 9.17) is 10.6 Å². The van der Waals surface area contributed by atoms with Gasteiger partial charge in [0.2, 0.25) is 11.0 Å². The van der Waals surface area contributed by atoms with Crippen LogP contribution in [0.1, 0.15) is 26.5 Å². The Kier molecular flexibility index (Phi) is 9.21. The summed E-state index contributed by atoms with van der Waals surface area (Å²) in [5, 5.41) is 39.4. The number of thiazole rings is 1. The minimum Gasteiger partial charge on any atom is -0.503 e. The van der Waals surface area contributed by atoms with Crippen LogP contribution in [0, 0.1) is 0 Å². The van der Waals surface area contributed by atoms with Crippen LogP contribution in [0.3, 0.4) is 0 Å².